The van der Waals surface area contributed by atoms with E-state index in [1.807, 2.05) is 0 Å². The van der Waals surface area contributed by atoms with Gasteiger partial charge in [0.05, 0.1) is 12.7 Å². The number of nitrogens with zero attached hydrogens (tertiary/aromatic N) is 3. The number of hydrogen-bond acceptors (Lipinski definition) is 6. The molecule has 6 heteroatoms. The van der Waals surface area contributed by atoms with Crippen LogP contribution < -0.4 is 0 Å². The molecule has 2 heterocycles. The summed E-state index contributed by atoms with van der Waals surface area (Å²) in [7, 11) is 1.34. The Hall–Kier alpha value is -1.95. The highest BCUT2D eigenvalue weighted by Crippen LogP contribution is 2.22. The van der Waals surface area contributed by atoms with Gasteiger partial charge >= 0.3 is 5.97 Å². The van der Waals surface area contributed by atoms with Crippen LogP contribution in [0.15, 0.2) is 47.0 Å². The van der Waals surface area contributed by atoms with Crippen LogP contribution in [0.3, 0.4) is 0 Å². The summed E-state index contributed by atoms with van der Waals surface area (Å²) in [6.07, 6.45) is 4.86. The fourth-order valence-electron chi connectivity index (χ4n) is 1.14. The Labute approximate surface area is 102 Å². The number of aromatic nitrogens is 3. The second-order valence-corrected chi connectivity index (χ2v) is 4.00. The van der Waals surface area contributed by atoms with Crippen LogP contribution in [-0.2, 0) is 4.74 Å². The molecular formula is C11H9N3O2S. The van der Waals surface area contributed by atoms with Crippen molar-refractivity contribution in [2.75, 3.05) is 7.11 Å². The van der Waals surface area contributed by atoms with Crippen molar-refractivity contribution < 1.29 is 9.53 Å². The largest absolute Gasteiger partial charge is 0.465 e. The van der Waals surface area contributed by atoms with Crippen LogP contribution in [0.25, 0.3) is 0 Å². The number of hydrogen-bond donors (Lipinski definition) is 0. The maximum absolute atomic E-state index is 11.3. The zero-order valence-corrected chi connectivity index (χ0v) is 9.85. The van der Waals surface area contributed by atoms with Gasteiger partial charge in [-0.3, -0.25) is 0 Å². The van der Waals surface area contributed by atoms with Crippen LogP contribution in [0, 0.1) is 0 Å². The van der Waals surface area contributed by atoms with E-state index in [1.165, 1.54) is 18.9 Å². The van der Waals surface area contributed by atoms with E-state index in [0.29, 0.717) is 15.7 Å². The Morgan fingerprint density at radius 1 is 1.24 bits per heavy atom. The molecular weight excluding hydrogens is 238 g/mol. The van der Waals surface area contributed by atoms with Crippen LogP contribution >= 0.6 is 11.8 Å². The Bertz CT molecular complexity index is 519. The molecule has 0 fully saturated rings. The van der Waals surface area contributed by atoms with Gasteiger partial charge in [0.15, 0.2) is 5.16 Å². The highest BCUT2D eigenvalue weighted by Gasteiger charge is 2.08. The third-order valence-electron chi connectivity index (χ3n) is 1.89. The molecule has 0 N–H and O–H groups in total. The lowest BCUT2D eigenvalue weighted by Crippen LogP contribution is -2.01. The number of methoxy groups -OCH3 is 1. The molecule has 0 unspecified atom stereocenters. The minimum atomic E-state index is -0.386. The van der Waals surface area contributed by atoms with Gasteiger partial charge in [-0.2, -0.15) is 0 Å². The molecule has 0 aliphatic carbocycles. The van der Waals surface area contributed by atoms with Crippen LogP contribution in [0.1, 0.15) is 10.4 Å². The molecule has 0 saturated carbocycles. The molecule has 0 saturated heterocycles. The summed E-state index contributed by atoms with van der Waals surface area (Å²) < 4.78 is 4.63. The van der Waals surface area contributed by atoms with Crippen molar-refractivity contribution in [1.29, 1.82) is 0 Å². The van der Waals surface area contributed by atoms with Crippen LogP contribution in [0.4, 0.5) is 0 Å². The summed E-state index contributed by atoms with van der Waals surface area (Å²) in [5.41, 5.74) is 0.459. The monoisotopic (exact) mass is 247 g/mol. The quantitative estimate of drug-likeness (QED) is 0.608. The van der Waals surface area contributed by atoms with Gasteiger partial charge in [0.2, 0.25) is 0 Å². The molecule has 0 aliphatic heterocycles. The Kier molecular flexibility index (Phi) is 3.66. The molecule has 5 nitrogen and oxygen atoms in total. The van der Waals surface area contributed by atoms with Crippen molar-refractivity contribution in [3.05, 3.63) is 42.4 Å². The lowest BCUT2D eigenvalue weighted by Gasteiger charge is -2.01. The maximum Gasteiger partial charge on any atom is 0.337 e. The second-order valence-electron chi connectivity index (χ2n) is 3.01. The average Bonchev–Trinajstić information content (AvgIpc) is 2.39. The summed E-state index contributed by atoms with van der Waals surface area (Å²) in [6.45, 7) is 0. The standard InChI is InChI=1S/C11H9N3O2S/c1-16-10(15)8-3-6-12-9(7-8)17-11-13-4-2-5-14-11/h2-7H,1H3. The molecule has 0 radical (unpaired) electrons. The lowest BCUT2D eigenvalue weighted by molar-refractivity contribution is 0.0600. The van der Waals surface area contributed by atoms with Gasteiger partial charge in [0, 0.05) is 18.6 Å². The van der Waals surface area contributed by atoms with E-state index >= 15 is 0 Å². The van der Waals surface area contributed by atoms with Gasteiger partial charge in [0.1, 0.15) is 5.03 Å². The van der Waals surface area contributed by atoms with Gasteiger partial charge in [-0.05, 0) is 30.0 Å². The molecule has 0 bridgehead atoms. The molecule has 2 aromatic rings. The molecule has 0 aliphatic rings. The predicted molar refractivity (Wildman–Crippen MR) is 61.7 cm³/mol. The third-order valence-corrected chi connectivity index (χ3v) is 2.72. The molecule has 0 aromatic carbocycles. The summed E-state index contributed by atoms with van der Waals surface area (Å²) in [5, 5.41) is 1.24. The third kappa shape index (κ3) is 3.01. The van der Waals surface area contributed by atoms with E-state index < -0.39 is 0 Å². The highest BCUT2D eigenvalue weighted by molar-refractivity contribution is 7.99. The van der Waals surface area contributed by atoms with Gasteiger partial charge in [0.25, 0.3) is 0 Å². The van der Waals surface area contributed by atoms with E-state index in [0.717, 1.165) is 0 Å². The number of carbonyl (C=O) groups is 1. The number of rotatable bonds is 3. The van der Waals surface area contributed by atoms with E-state index in [9.17, 15) is 4.79 Å². The fraction of sp³-hybridized carbons (Fsp3) is 0.0909. The number of ether oxygens (including phenoxy) is 1. The first-order chi connectivity index (χ1) is 8.29. The van der Waals surface area contributed by atoms with Crippen molar-refractivity contribution in [2.24, 2.45) is 0 Å². The highest BCUT2D eigenvalue weighted by atomic mass is 32.2. The summed E-state index contributed by atoms with van der Waals surface area (Å²) >= 11 is 1.29. The summed E-state index contributed by atoms with van der Waals surface area (Å²) in [6, 6.07) is 4.98. The molecule has 86 valence electrons. The summed E-state index contributed by atoms with van der Waals surface area (Å²) in [4.78, 5) is 23.6. The van der Waals surface area contributed by atoms with Gasteiger partial charge in [-0.1, -0.05) is 0 Å². The average molecular weight is 247 g/mol. The van der Waals surface area contributed by atoms with Crippen molar-refractivity contribution in [3.63, 3.8) is 0 Å². The maximum atomic E-state index is 11.3. The minimum Gasteiger partial charge on any atom is -0.465 e. The van der Waals surface area contributed by atoms with Crippen molar-refractivity contribution in [1.82, 2.24) is 15.0 Å². The zero-order valence-electron chi connectivity index (χ0n) is 9.03. The molecule has 0 amide bonds. The molecule has 0 spiro atoms. The summed E-state index contributed by atoms with van der Waals surface area (Å²) in [5.74, 6) is -0.386. The van der Waals surface area contributed by atoms with Crippen LogP contribution in [-0.4, -0.2) is 28.0 Å². The van der Waals surface area contributed by atoms with E-state index in [4.69, 9.17) is 0 Å². The van der Waals surface area contributed by atoms with Crippen LogP contribution in [0.5, 0.6) is 0 Å². The van der Waals surface area contributed by atoms with E-state index in [-0.39, 0.29) is 5.97 Å². The normalized spacial score (nSPS) is 9.94. The number of carbonyl (C=O) groups excluding carboxylic acids is 1. The van der Waals surface area contributed by atoms with E-state index in [1.54, 1.807) is 36.8 Å². The number of esters is 1. The molecule has 2 aromatic heterocycles. The molecule has 0 atom stereocenters. The van der Waals surface area contributed by atoms with Gasteiger partial charge in [-0.25, -0.2) is 19.7 Å². The molecule has 17 heavy (non-hydrogen) atoms. The number of pyridine rings is 1. The van der Waals surface area contributed by atoms with Crippen molar-refractivity contribution in [3.8, 4) is 0 Å². The SMILES string of the molecule is COC(=O)c1ccnc(Sc2ncccn2)c1. The van der Waals surface area contributed by atoms with Crippen LogP contribution in [0.2, 0.25) is 0 Å². The first-order valence-electron chi connectivity index (χ1n) is 4.79. The Morgan fingerprint density at radius 3 is 2.71 bits per heavy atom. The second kappa shape index (κ2) is 5.40. The zero-order chi connectivity index (χ0) is 12.1. The van der Waals surface area contributed by atoms with Crippen molar-refractivity contribution >= 4 is 17.7 Å². The smallest absolute Gasteiger partial charge is 0.337 e. The van der Waals surface area contributed by atoms with E-state index in [2.05, 4.69) is 19.7 Å². The first kappa shape index (κ1) is 11.5. The van der Waals surface area contributed by atoms with Crippen molar-refractivity contribution in [2.45, 2.75) is 10.2 Å². The lowest BCUT2D eigenvalue weighted by atomic mass is 10.3. The Balaban J connectivity index is 2.20. The minimum absolute atomic E-state index is 0.386. The molecule has 2 rings (SSSR count). The first-order valence-corrected chi connectivity index (χ1v) is 5.60. The topological polar surface area (TPSA) is 65.0 Å². The Morgan fingerprint density at radius 2 is 2.00 bits per heavy atom. The predicted octanol–water partition coefficient (Wildman–Crippen LogP) is 1.81. The fourth-order valence-corrected chi connectivity index (χ4v) is 1.86. The van der Waals surface area contributed by atoms with Gasteiger partial charge < -0.3 is 4.74 Å². The van der Waals surface area contributed by atoms with Gasteiger partial charge in [-0.15, -0.1) is 0 Å².